The summed E-state index contributed by atoms with van der Waals surface area (Å²) < 4.78 is 43.8. The maximum Gasteiger partial charge on any atom is 0.303 e. The van der Waals surface area contributed by atoms with Crippen molar-refractivity contribution in [3.05, 3.63) is 47.1 Å². The molecule has 45 heavy (non-hydrogen) atoms. The first kappa shape index (κ1) is 37.4. The van der Waals surface area contributed by atoms with Gasteiger partial charge in [-0.15, -0.1) is 11.3 Å². The Labute approximate surface area is 265 Å². The molecular formula is C28H38N4O11S2. The zero-order valence-electron chi connectivity index (χ0n) is 25.8. The van der Waals surface area contributed by atoms with Gasteiger partial charge in [-0.2, -0.15) is 8.42 Å². The molecule has 0 spiro atoms. The smallest absolute Gasteiger partial charge is 0.303 e. The van der Waals surface area contributed by atoms with Gasteiger partial charge in [0, 0.05) is 21.1 Å². The van der Waals surface area contributed by atoms with Gasteiger partial charge in [0.05, 0.1) is 36.7 Å². The summed E-state index contributed by atoms with van der Waals surface area (Å²) in [5.41, 5.74) is -1.51. The fraction of sp³-hybridized carbons (Fsp3) is 0.500. The van der Waals surface area contributed by atoms with E-state index >= 15 is 0 Å². The van der Waals surface area contributed by atoms with E-state index in [1.54, 1.807) is 37.3 Å². The van der Waals surface area contributed by atoms with Crippen molar-refractivity contribution in [1.82, 2.24) is 15.6 Å². The number of ketones is 1. The first-order valence-electron chi connectivity index (χ1n) is 13.5. The average molecular weight is 671 g/mol. The number of ether oxygens (including phenoxy) is 3. The minimum Gasteiger partial charge on any atom is -0.449 e. The van der Waals surface area contributed by atoms with Crippen molar-refractivity contribution < 1.29 is 50.8 Å². The molecule has 17 heteroatoms. The Morgan fingerprint density at radius 3 is 2.18 bits per heavy atom. The second-order valence-electron chi connectivity index (χ2n) is 10.1. The summed E-state index contributed by atoms with van der Waals surface area (Å²) in [7, 11) is -1.41. The van der Waals surface area contributed by atoms with Crippen LogP contribution in [0, 0.1) is 6.92 Å². The summed E-state index contributed by atoms with van der Waals surface area (Å²) in [5.74, 6) is -3.37. The first-order valence-corrected chi connectivity index (χ1v) is 16.1. The van der Waals surface area contributed by atoms with Crippen molar-refractivity contribution in [2.24, 2.45) is 0 Å². The minimum atomic E-state index is -4.05. The van der Waals surface area contributed by atoms with Crippen LogP contribution in [0.3, 0.4) is 0 Å². The third-order valence-corrected chi connectivity index (χ3v) is 7.73. The summed E-state index contributed by atoms with van der Waals surface area (Å²) in [6.45, 7) is 2.54. The van der Waals surface area contributed by atoms with E-state index in [4.69, 9.17) is 18.4 Å². The molecule has 2 unspecified atom stereocenters. The molecule has 0 fully saturated rings. The van der Waals surface area contributed by atoms with Gasteiger partial charge >= 0.3 is 5.97 Å². The predicted octanol–water partition coefficient (Wildman–Crippen LogP) is 0.155. The van der Waals surface area contributed by atoms with Crippen LogP contribution in [0.1, 0.15) is 24.4 Å². The van der Waals surface area contributed by atoms with E-state index in [2.05, 4.69) is 15.6 Å². The second-order valence-corrected chi connectivity index (χ2v) is 13.0. The van der Waals surface area contributed by atoms with E-state index in [9.17, 15) is 32.4 Å². The molecule has 2 rings (SSSR count). The summed E-state index contributed by atoms with van der Waals surface area (Å²) >= 11 is 1.17. The number of Topliss-reactive ketones (excluding diaryl/α,β-unsaturated/α-hetero) is 1. The van der Waals surface area contributed by atoms with Gasteiger partial charge in [0.15, 0.2) is 5.60 Å². The van der Waals surface area contributed by atoms with Gasteiger partial charge < -0.3 is 24.8 Å². The molecule has 15 nitrogen and oxygen atoms in total. The van der Waals surface area contributed by atoms with Crippen LogP contribution in [0.5, 0.6) is 0 Å². The first-order chi connectivity index (χ1) is 21.1. The number of benzene rings is 1. The summed E-state index contributed by atoms with van der Waals surface area (Å²) in [6, 6.07) is 4.62. The molecule has 0 aliphatic heterocycles. The molecule has 0 aliphatic rings. The van der Waals surface area contributed by atoms with E-state index in [1.807, 2.05) is 0 Å². The van der Waals surface area contributed by atoms with Crippen LogP contribution < -0.4 is 15.5 Å². The number of rotatable bonds is 19. The molecule has 4 atom stereocenters. The van der Waals surface area contributed by atoms with Crippen LogP contribution in [-0.4, -0.2) is 107 Å². The molecule has 2 aromatic rings. The number of nitrogens with one attached hydrogen (secondary N) is 2. The molecule has 0 bridgehead atoms. The molecule has 1 aromatic carbocycles. The number of methoxy groups -OCH3 is 2. The molecule has 0 radical (unpaired) electrons. The fourth-order valence-corrected chi connectivity index (χ4v) is 5.42. The second kappa shape index (κ2) is 17.1. The Morgan fingerprint density at radius 2 is 1.67 bits per heavy atom. The molecule has 2 N–H and O–H groups in total. The third kappa shape index (κ3) is 11.6. The van der Waals surface area contributed by atoms with Crippen LogP contribution in [0.15, 0.2) is 36.5 Å². The van der Waals surface area contributed by atoms with Crippen molar-refractivity contribution in [2.45, 2.75) is 50.9 Å². The lowest BCUT2D eigenvalue weighted by Crippen LogP contribution is -2.60. The van der Waals surface area contributed by atoms with Gasteiger partial charge in [-0.25, -0.2) is 4.98 Å². The van der Waals surface area contributed by atoms with Gasteiger partial charge in [0.2, 0.25) is 24.0 Å². The molecular weight excluding hydrogens is 632 g/mol. The Hall–Kier alpha value is -3.77. The van der Waals surface area contributed by atoms with Gasteiger partial charge in [-0.1, -0.05) is 30.3 Å². The lowest BCUT2D eigenvalue weighted by molar-refractivity contribution is -0.168. The van der Waals surface area contributed by atoms with Crippen molar-refractivity contribution in [2.75, 3.05) is 45.2 Å². The molecule has 0 saturated carbocycles. The highest BCUT2D eigenvalue weighted by Crippen LogP contribution is 2.24. The maximum absolute atomic E-state index is 13.9. The fourth-order valence-electron chi connectivity index (χ4n) is 4.19. The van der Waals surface area contributed by atoms with Crippen LogP contribution in [0.2, 0.25) is 0 Å². The predicted molar refractivity (Wildman–Crippen MR) is 163 cm³/mol. The van der Waals surface area contributed by atoms with E-state index in [-0.39, 0.29) is 19.6 Å². The number of carbonyl (C=O) groups is 5. The summed E-state index contributed by atoms with van der Waals surface area (Å²) in [6.07, 6.45) is 2.55. The third-order valence-electron chi connectivity index (χ3n) is 6.26. The lowest BCUT2D eigenvalue weighted by atomic mass is 9.91. The monoisotopic (exact) mass is 670 g/mol. The Morgan fingerprint density at radius 1 is 1.04 bits per heavy atom. The number of aromatic nitrogens is 1. The van der Waals surface area contributed by atoms with Crippen molar-refractivity contribution in [3.8, 4) is 0 Å². The van der Waals surface area contributed by atoms with Crippen LogP contribution >= 0.6 is 11.3 Å². The standard InChI is InChI=1S/C28H38N4O11S2/c1-18-29-13-24(44-18)32(17-33)23(15-41-5)27(37)31-22(14-40-4)26(36)30-21(12-20-10-8-7-9-11-20)25(35)28(3,43-19(2)34)16-42-45(6,38)39/h7-11,13,17,21-23H,12,14-16H2,1-6H3,(H,30,36)(H,31,37)/t21?,22-,23-,28?/m0/s1. The quantitative estimate of drug-likeness (QED) is 0.117. The minimum absolute atomic E-state index is 0.0925. The van der Waals surface area contributed by atoms with Crippen molar-refractivity contribution in [1.29, 1.82) is 0 Å². The zero-order valence-corrected chi connectivity index (χ0v) is 27.4. The molecule has 0 aliphatic carbocycles. The number of thiazole rings is 1. The van der Waals surface area contributed by atoms with Gasteiger partial charge in [-0.05, 0) is 25.8 Å². The molecule has 1 heterocycles. The molecule has 3 amide bonds. The van der Waals surface area contributed by atoms with E-state index in [0.717, 1.165) is 18.1 Å². The number of amides is 3. The number of hydrogen-bond acceptors (Lipinski definition) is 13. The van der Waals surface area contributed by atoms with Crippen LogP contribution in [-0.2, 0) is 58.9 Å². The molecule has 1 aromatic heterocycles. The van der Waals surface area contributed by atoms with E-state index in [1.165, 1.54) is 38.7 Å². The largest absolute Gasteiger partial charge is 0.449 e. The van der Waals surface area contributed by atoms with Gasteiger partial charge in [0.25, 0.3) is 10.1 Å². The number of carbonyl (C=O) groups excluding carboxylic acids is 5. The lowest BCUT2D eigenvalue weighted by Gasteiger charge is -2.32. The van der Waals surface area contributed by atoms with Crippen molar-refractivity contribution >= 4 is 56.4 Å². The van der Waals surface area contributed by atoms with Gasteiger partial charge in [-0.3, -0.25) is 33.1 Å². The van der Waals surface area contributed by atoms with Crippen LogP contribution in [0.25, 0.3) is 0 Å². The highest BCUT2D eigenvalue weighted by Gasteiger charge is 2.43. The Kier molecular flexibility index (Phi) is 14.2. The molecule has 0 saturated heterocycles. The number of nitrogens with zero attached hydrogens (tertiary/aromatic N) is 2. The highest BCUT2D eigenvalue weighted by atomic mass is 32.2. The highest BCUT2D eigenvalue weighted by molar-refractivity contribution is 7.86. The van der Waals surface area contributed by atoms with Crippen molar-refractivity contribution in [3.63, 3.8) is 0 Å². The number of aryl methyl sites for hydroxylation is 1. The number of esters is 1. The number of hydrogen-bond donors (Lipinski definition) is 2. The Balaban J connectivity index is 2.41. The normalized spacial score (nSPS) is 14.7. The number of anilines is 1. The summed E-state index contributed by atoms with van der Waals surface area (Å²) in [4.78, 5) is 70.1. The Bertz CT molecular complexity index is 1430. The maximum atomic E-state index is 13.9. The zero-order chi connectivity index (χ0) is 33.8. The van der Waals surface area contributed by atoms with Crippen LogP contribution in [0.4, 0.5) is 5.00 Å². The van der Waals surface area contributed by atoms with E-state index in [0.29, 0.717) is 22.0 Å². The summed E-state index contributed by atoms with van der Waals surface area (Å²) in [5, 5.41) is 6.16. The van der Waals surface area contributed by atoms with Gasteiger partial charge in [0.1, 0.15) is 23.7 Å². The average Bonchev–Trinajstić information content (AvgIpc) is 3.40. The van der Waals surface area contributed by atoms with E-state index < -0.39 is 64.0 Å². The topological polar surface area (TPSA) is 197 Å². The SMILES string of the molecule is COC[C@H](NC(=O)[C@H](COC)N(C=O)c1cnc(C)s1)C(=O)NC(Cc1ccccc1)C(=O)C(C)(COS(C)(=O)=O)OC(C)=O. The molecule has 248 valence electrons.